The molecule has 1 aromatic heterocycles. The summed E-state index contributed by atoms with van der Waals surface area (Å²) in [6, 6.07) is 0. The summed E-state index contributed by atoms with van der Waals surface area (Å²) in [6.45, 7) is 10.0. The van der Waals surface area contributed by atoms with E-state index in [1.165, 1.54) is 22.5 Å². The van der Waals surface area contributed by atoms with Crippen LogP contribution in [-0.2, 0) is 6.42 Å². The van der Waals surface area contributed by atoms with Gasteiger partial charge >= 0.3 is 0 Å². The SMILES string of the molecule is C=CCc1[nH]c(C)c(C)c1C=CC=CC. The van der Waals surface area contributed by atoms with Crippen LogP contribution in [0.25, 0.3) is 6.08 Å². The monoisotopic (exact) mass is 201 g/mol. The van der Waals surface area contributed by atoms with Crippen LogP contribution in [0.5, 0.6) is 0 Å². The van der Waals surface area contributed by atoms with Crippen LogP contribution >= 0.6 is 0 Å². The lowest BCUT2D eigenvalue weighted by molar-refractivity contribution is 1.11. The van der Waals surface area contributed by atoms with Gasteiger partial charge in [-0.2, -0.15) is 0 Å². The normalized spacial score (nSPS) is 11.7. The molecule has 0 amide bonds. The Morgan fingerprint density at radius 1 is 1.27 bits per heavy atom. The minimum absolute atomic E-state index is 0.893. The van der Waals surface area contributed by atoms with Gasteiger partial charge in [-0.05, 0) is 31.9 Å². The molecule has 0 radical (unpaired) electrons. The van der Waals surface area contributed by atoms with Gasteiger partial charge in [0.1, 0.15) is 0 Å². The van der Waals surface area contributed by atoms with Gasteiger partial charge in [0.15, 0.2) is 0 Å². The molecule has 0 aliphatic rings. The summed E-state index contributed by atoms with van der Waals surface area (Å²) in [5.74, 6) is 0. The first kappa shape index (κ1) is 11.6. The molecule has 80 valence electrons. The lowest BCUT2D eigenvalue weighted by Gasteiger charge is -1.96. The molecular formula is C14H19N. The molecule has 1 heterocycles. The van der Waals surface area contributed by atoms with E-state index in [4.69, 9.17) is 0 Å². The number of nitrogens with one attached hydrogen (secondary N) is 1. The Balaban J connectivity index is 3.07. The van der Waals surface area contributed by atoms with E-state index in [9.17, 15) is 0 Å². The maximum absolute atomic E-state index is 3.77. The first-order valence-electron chi connectivity index (χ1n) is 5.29. The van der Waals surface area contributed by atoms with Gasteiger partial charge in [-0.1, -0.05) is 30.4 Å². The first-order valence-corrected chi connectivity index (χ1v) is 5.29. The van der Waals surface area contributed by atoms with Crippen molar-refractivity contribution >= 4 is 6.08 Å². The van der Waals surface area contributed by atoms with Gasteiger partial charge in [-0.25, -0.2) is 0 Å². The Labute approximate surface area is 92.2 Å². The molecule has 0 aliphatic heterocycles. The minimum atomic E-state index is 0.893. The van der Waals surface area contributed by atoms with Crippen molar-refractivity contribution in [3.63, 3.8) is 0 Å². The van der Waals surface area contributed by atoms with Crippen molar-refractivity contribution in [3.8, 4) is 0 Å². The van der Waals surface area contributed by atoms with Crippen molar-refractivity contribution in [2.45, 2.75) is 27.2 Å². The van der Waals surface area contributed by atoms with Crippen LogP contribution < -0.4 is 0 Å². The lowest BCUT2D eigenvalue weighted by atomic mass is 10.1. The van der Waals surface area contributed by atoms with E-state index < -0.39 is 0 Å². The molecule has 0 aliphatic carbocycles. The zero-order chi connectivity index (χ0) is 11.3. The third kappa shape index (κ3) is 2.72. The van der Waals surface area contributed by atoms with E-state index in [1.807, 2.05) is 25.2 Å². The van der Waals surface area contributed by atoms with Crippen molar-refractivity contribution in [3.05, 3.63) is 53.4 Å². The molecule has 0 spiro atoms. The summed E-state index contributed by atoms with van der Waals surface area (Å²) >= 11 is 0. The maximum Gasteiger partial charge on any atom is 0.0263 e. The van der Waals surface area contributed by atoms with Crippen LogP contribution in [0, 0.1) is 13.8 Å². The lowest BCUT2D eigenvalue weighted by Crippen LogP contribution is -1.84. The molecule has 1 heteroatoms. The highest BCUT2D eigenvalue weighted by Gasteiger charge is 2.06. The fraction of sp³-hybridized carbons (Fsp3) is 0.286. The number of aryl methyl sites for hydroxylation is 1. The Kier molecular flexibility index (Phi) is 4.17. The third-order valence-corrected chi connectivity index (χ3v) is 2.54. The van der Waals surface area contributed by atoms with Crippen LogP contribution in [0.3, 0.4) is 0 Å². The predicted molar refractivity (Wildman–Crippen MR) is 68.0 cm³/mol. The average Bonchev–Trinajstić information content (AvgIpc) is 2.47. The molecule has 1 rings (SSSR count). The largest absolute Gasteiger partial charge is 0.362 e. The summed E-state index contributed by atoms with van der Waals surface area (Å²) in [4.78, 5) is 3.39. The number of rotatable bonds is 4. The van der Waals surface area contributed by atoms with E-state index in [0.717, 1.165) is 6.42 Å². The Morgan fingerprint density at radius 3 is 2.60 bits per heavy atom. The topological polar surface area (TPSA) is 15.8 Å². The van der Waals surface area contributed by atoms with Gasteiger partial charge in [-0.15, -0.1) is 6.58 Å². The van der Waals surface area contributed by atoms with Gasteiger partial charge in [0.05, 0.1) is 0 Å². The Morgan fingerprint density at radius 2 is 2.00 bits per heavy atom. The fourth-order valence-corrected chi connectivity index (χ4v) is 1.61. The zero-order valence-corrected chi connectivity index (χ0v) is 9.80. The number of allylic oxidation sites excluding steroid dienone is 4. The van der Waals surface area contributed by atoms with Crippen LogP contribution in [0.4, 0.5) is 0 Å². The Bertz CT molecular complexity index is 392. The van der Waals surface area contributed by atoms with Crippen molar-refractivity contribution in [1.29, 1.82) is 0 Å². The molecule has 0 fully saturated rings. The van der Waals surface area contributed by atoms with E-state index in [2.05, 4.69) is 37.6 Å². The number of aromatic amines is 1. The van der Waals surface area contributed by atoms with E-state index in [1.54, 1.807) is 0 Å². The fourth-order valence-electron chi connectivity index (χ4n) is 1.61. The standard InChI is InChI=1S/C14H19N/c1-5-7-8-10-13-11(3)12(4)15-14(13)9-6-2/h5-8,10,15H,2,9H2,1,3-4H3. The average molecular weight is 201 g/mol. The van der Waals surface area contributed by atoms with Gasteiger partial charge in [0.2, 0.25) is 0 Å². The molecule has 1 N–H and O–H groups in total. The van der Waals surface area contributed by atoms with Crippen molar-refractivity contribution in [2.75, 3.05) is 0 Å². The zero-order valence-electron chi connectivity index (χ0n) is 9.80. The number of hydrogen-bond donors (Lipinski definition) is 1. The molecule has 0 bridgehead atoms. The molecule has 15 heavy (non-hydrogen) atoms. The van der Waals surface area contributed by atoms with Crippen LogP contribution in [0.2, 0.25) is 0 Å². The highest BCUT2D eigenvalue weighted by atomic mass is 14.7. The molecule has 0 atom stereocenters. The predicted octanol–water partition coefficient (Wildman–Crippen LogP) is 3.95. The molecule has 0 saturated heterocycles. The van der Waals surface area contributed by atoms with Crippen molar-refractivity contribution in [2.24, 2.45) is 0 Å². The van der Waals surface area contributed by atoms with Crippen molar-refractivity contribution < 1.29 is 0 Å². The second-order valence-corrected chi connectivity index (χ2v) is 3.64. The van der Waals surface area contributed by atoms with Gasteiger partial charge in [-0.3, -0.25) is 0 Å². The van der Waals surface area contributed by atoms with Crippen LogP contribution in [-0.4, -0.2) is 4.98 Å². The molecule has 0 aromatic carbocycles. The van der Waals surface area contributed by atoms with Crippen LogP contribution in [0.15, 0.2) is 30.9 Å². The van der Waals surface area contributed by atoms with E-state index in [-0.39, 0.29) is 0 Å². The maximum atomic E-state index is 3.77. The quantitative estimate of drug-likeness (QED) is 0.561. The third-order valence-electron chi connectivity index (χ3n) is 2.54. The van der Waals surface area contributed by atoms with Crippen LogP contribution in [0.1, 0.15) is 29.4 Å². The summed E-state index contributed by atoms with van der Waals surface area (Å²) < 4.78 is 0. The number of H-pyrrole nitrogens is 1. The summed E-state index contributed by atoms with van der Waals surface area (Å²) in [7, 11) is 0. The highest BCUT2D eigenvalue weighted by molar-refractivity contribution is 5.59. The van der Waals surface area contributed by atoms with Gasteiger partial charge in [0.25, 0.3) is 0 Å². The summed E-state index contributed by atoms with van der Waals surface area (Å²) in [5, 5.41) is 0. The molecule has 0 unspecified atom stereocenters. The minimum Gasteiger partial charge on any atom is -0.362 e. The second-order valence-electron chi connectivity index (χ2n) is 3.64. The summed E-state index contributed by atoms with van der Waals surface area (Å²) in [6.07, 6.45) is 11.1. The van der Waals surface area contributed by atoms with E-state index >= 15 is 0 Å². The molecule has 1 aromatic rings. The molecular weight excluding hydrogens is 182 g/mol. The van der Waals surface area contributed by atoms with Gasteiger partial charge < -0.3 is 4.98 Å². The first-order chi connectivity index (χ1) is 7.20. The Hall–Kier alpha value is -1.50. The molecule has 1 nitrogen and oxygen atoms in total. The van der Waals surface area contributed by atoms with Gasteiger partial charge in [0, 0.05) is 17.8 Å². The summed E-state index contributed by atoms with van der Waals surface area (Å²) in [5.41, 5.74) is 5.12. The number of aromatic nitrogens is 1. The smallest absolute Gasteiger partial charge is 0.0263 e. The number of hydrogen-bond acceptors (Lipinski definition) is 0. The van der Waals surface area contributed by atoms with E-state index in [0.29, 0.717) is 0 Å². The second kappa shape index (κ2) is 5.40. The van der Waals surface area contributed by atoms with Crippen molar-refractivity contribution in [1.82, 2.24) is 4.98 Å². The highest BCUT2D eigenvalue weighted by Crippen LogP contribution is 2.20. The molecule has 0 saturated carbocycles.